The van der Waals surface area contributed by atoms with E-state index in [1.54, 1.807) is 4.68 Å². The van der Waals surface area contributed by atoms with Gasteiger partial charge in [-0.2, -0.15) is 0 Å². The first kappa shape index (κ1) is 12.9. The summed E-state index contributed by atoms with van der Waals surface area (Å²) in [5.74, 6) is 0.490. The van der Waals surface area contributed by atoms with Crippen LogP contribution in [0.2, 0.25) is 0 Å². The Labute approximate surface area is 107 Å². The number of aryl methyl sites for hydroxylation is 1. The number of tetrazole rings is 1. The van der Waals surface area contributed by atoms with Gasteiger partial charge in [0.2, 0.25) is 0 Å². The van der Waals surface area contributed by atoms with Gasteiger partial charge in [-0.05, 0) is 16.8 Å². The van der Waals surface area contributed by atoms with Crippen LogP contribution in [0.1, 0.15) is 19.2 Å². The zero-order valence-electron chi connectivity index (χ0n) is 10.3. The van der Waals surface area contributed by atoms with Crippen LogP contribution in [0.3, 0.4) is 0 Å². The van der Waals surface area contributed by atoms with Gasteiger partial charge in [0.25, 0.3) is 11.2 Å². The second kappa shape index (κ2) is 5.38. The molecule has 0 atom stereocenters. The number of hydrogen-bond donors (Lipinski definition) is 0. The zero-order chi connectivity index (χ0) is 13.8. The molecule has 2 rings (SSSR count). The molecule has 19 heavy (non-hydrogen) atoms. The lowest BCUT2D eigenvalue weighted by Crippen LogP contribution is -2.21. The Morgan fingerprint density at radius 2 is 2.21 bits per heavy atom. The molecule has 0 spiro atoms. The predicted molar refractivity (Wildman–Crippen MR) is 64.6 cm³/mol. The Balaban J connectivity index is 2.32. The van der Waals surface area contributed by atoms with Crippen molar-refractivity contribution >= 4 is 5.69 Å². The molecule has 0 bridgehead atoms. The number of nitrogens with zero attached hydrogens (tertiary/aromatic N) is 6. The SMILES string of the molecule is CCCn1nnnc1Cn1cc([N+](=O)[O-])ccc1=O. The molecule has 0 fully saturated rings. The summed E-state index contributed by atoms with van der Waals surface area (Å²) in [7, 11) is 0. The topological polar surface area (TPSA) is 109 Å². The molecule has 0 N–H and O–H groups in total. The molecule has 2 heterocycles. The summed E-state index contributed by atoms with van der Waals surface area (Å²) < 4.78 is 2.79. The normalized spacial score (nSPS) is 10.6. The Kier molecular flexibility index (Phi) is 3.64. The fourth-order valence-electron chi connectivity index (χ4n) is 1.62. The van der Waals surface area contributed by atoms with Crippen molar-refractivity contribution < 1.29 is 4.92 Å². The number of nitro groups is 1. The first-order valence-electron chi connectivity index (χ1n) is 5.71. The maximum Gasteiger partial charge on any atom is 0.285 e. The van der Waals surface area contributed by atoms with Gasteiger partial charge in [0.15, 0.2) is 5.82 Å². The van der Waals surface area contributed by atoms with E-state index in [2.05, 4.69) is 15.5 Å². The molecule has 9 nitrogen and oxygen atoms in total. The van der Waals surface area contributed by atoms with Gasteiger partial charge in [-0.1, -0.05) is 6.92 Å². The third-order valence-electron chi connectivity index (χ3n) is 2.53. The molecule has 2 aromatic rings. The van der Waals surface area contributed by atoms with Crippen LogP contribution in [0.15, 0.2) is 23.1 Å². The van der Waals surface area contributed by atoms with Gasteiger partial charge >= 0.3 is 0 Å². The van der Waals surface area contributed by atoms with Crippen LogP contribution in [-0.4, -0.2) is 29.7 Å². The van der Waals surface area contributed by atoms with E-state index in [1.807, 2.05) is 6.92 Å². The number of pyridine rings is 1. The largest absolute Gasteiger partial charge is 0.301 e. The highest BCUT2D eigenvalue weighted by molar-refractivity contribution is 5.25. The lowest BCUT2D eigenvalue weighted by molar-refractivity contribution is -0.385. The third kappa shape index (κ3) is 2.81. The number of hydrogen-bond acceptors (Lipinski definition) is 6. The quantitative estimate of drug-likeness (QED) is 0.563. The fraction of sp³-hybridized carbons (Fsp3) is 0.400. The van der Waals surface area contributed by atoms with Crippen LogP contribution < -0.4 is 5.56 Å². The molecular weight excluding hydrogens is 252 g/mol. The average molecular weight is 264 g/mol. The molecule has 0 radical (unpaired) electrons. The average Bonchev–Trinajstić information content (AvgIpc) is 2.80. The van der Waals surface area contributed by atoms with Crippen LogP contribution in [-0.2, 0) is 13.1 Å². The summed E-state index contributed by atoms with van der Waals surface area (Å²) in [6, 6.07) is 2.33. The monoisotopic (exact) mass is 264 g/mol. The van der Waals surface area contributed by atoms with Gasteiger partial charge in [0.05, 0.1) is 17.7 Å². The smallest absolute Gasteiger partial charge is 0.285 e. The maximum absolute atomic E-state index is 11.7. The van der Waals surface area contributed by atoms with E-state index in [9.17, 15) is 14.9 Å². The molecule has 100 valence electrons. The lowest BCUT2D eigenvalue weighted by Gasteiger charge is -2.05. The molecule has 0 saturated heterocycles. The van der Waals surface area contributed by atoms with Gasteiger partial charge in [-0.15, -0.1) is 5.10 Å². The van der Waals surface area contributed by atoms with Crippen LogP contribution in [0.4, 0.5) is 5.69 Å². The van der Waals surface area contributed by atoms with E-state index in [4.69, 9.17) is 0 Å². The van der Waals surface area contributed by atoms with E-state index in [-0.39, 0.29) is 17.8 Å². The molecule has 0 aliphatic carbocycles. The van der Waals surface area contributed by atoms with Gasteiger partial charge in [-0.25, -0.2) is 4.68 Å². The summed E-state index contributed by atoms with van der Waals surface area (Å²) in [5, 5.41) is 21.8. The van der Waals surface area contributed by atoms with Gasteiger partial charge in [0.1, 0.15) is 0 Å². The molecule has 0 saturated carbocycles. The fourth-order valence-corrected chi connectivity index (χ4v) is 1.62. The van der Waals surface area contributed by atoms with E-state index in [0.29, 0.717) is 12.4 Å². The van der Waals surface area contributed by atoms with E-state index in [0.717, 1.165) is 12.5 Å². The summed E-state index contributed by atoms with van der Waals surface area (Å²) in [4.78, 5) is 21.8. The zero-order valence-corrected chi connectivity index (χ0v) is 10.3. The van der Waals surface area contributed by atoms with Gasteiger partial charge < -0.3 is 4.57 Å². The molecule has 0 aliphatic rings. The van der Waals surface area contributed by atoms with Crippen molar-refractivity contribution in [2.45, 2.75) is 26.4 Å². The Morgan fingerprint density at radius 3 is 2.89 bits per heavy atom. The van der Waals surface area contributed by atoms with E-state index >= 15 is 0 Å². The van der Waals surface area contributed by atoms with Crippen molar-refractivity contribution in [3.8, 4) is 0 Å². The van der Waals surface area contributed by atoms with Crippen molar-refractivity contribution in [1.29, 1.82) is 0 Å². The highest BCUT2D eigenvalue weighted by Gasteiger charge is 2.11. The predicted octanol–water partition coefficient (Wildman–Crippen LogP) is 0.201. The highest BCUT2D eigenvalue weighted by atomic mass is 16.6. The lowest BCUT2D eigenvalue weighted by atomic mass is 10.4. The molecule has 0 aliphatic heterocycles. The van der Waals surface area contributed by atoms with Crippen LogP contribution >= 0.6 is 0 Å². The molecule has 0 aromatic carbocycles. The van der Waals surface area contributed by atoms with Gasteiger partial charge in [0, 0.05) is 18.7 Å². The summed E-state index contributed by atoms with van der Waals surface area (Å²) in [5.41, 5.74) is -0.481. The van der Waals surface area contributed by atoms with Crippen molar-refractivity contribution in [3.63, 3.8) is 0 Å². The second-order valence-electron chi connectivity index (χ2n) is 3.93. The standard InChI is InChI=1S/C10H12N6O3/c1-2-5-15-9(11-12-13-15)7-14-6-8(16(18)19)3-4-10(14)17/h3-4,6H,2,5,7H2,1H3. The third-order valence-corrected chi connectivity index (χ3v) is 2.53. The molecule has 0 amide bonds. The second-order valence-corrected chi connectivity index (χ2v) is 3.93. The minimum atomic E-state index is -0.551. The van der Waals surface area contributed by atoms with Crippen molar-refractivity contribution in [3.05, 3.63) is 44.6 Å². The number of aromatic nitrogens is 5. The Hall–Kier alpha value is -2.58. The Bertz CT molecular complexity index is 647. The van der Waals surface area contributed by atoms with Crippen molar-refractivity contribution in [2.24, 2.45) is 0 Å². The molecule has 0 unspecified atom stereocenters. The van der Waals surface area contributed by atoms with Crippen LogP contribution in [0.25, 0.3) is 0 Å². The first-order chi connectivity index (χ1) is 9.11. The maximum atomic E-state index is 11.7. The molecular formula is C10H12N6O3. The molecule has 2 aromatic heterocycles. The minimum absolute atomic E-state index is 0.105. The Morgan fingerprint density at radius 1 is 1.42 bits per heavy atom. The van der Waals surface area contributed by atoms with Crippen LogP contribution in [0, 0.1) is 10.1 Å². The number of rotatable bonds is 5. The summed E-state index contributed by atoms with van der Waals surface area (Å²) in [6.45, 7) is 2.71. The summed E-state index contributed by atoms with van der Waals surface area (Å²) >= 11 is 0. The highest BCUT2D eigenvalue weighted by Crippen LogP contribution is 2.07. The first-order valence-corrected chi connectivity index (χ1v) is 5.71. The van der Waals surface area contributed by atoms with E-state index < -0.39 is 4.92 Å². The van der Waals surface area contributed by atoms with Crippen molar-refractivity contribution in [2.75, 3.05) is 0 Å². The van der Waals surface area contributed by atoms with Crippen LogP contribution in [0.5, 0.6) is 0 Å². The van der Waals surface area contributed by atoms with E-state index in [1.165, 1.54) is 16.8 Å². The molecule has 9 heteroatoms. The van der Waals surface area contributed by atoms with Crippen molar-refractivity contribution in [1.82, 2.24) is 24.8 Å². The van der Waals surface area contributed by atoms with Gasteiger partial charge in [-0.3, -0.25) is 14.9 Å². The summed E-state index contributed by atoms with van der Waals surface area (Å²) in [6.07, 6.45) is 2.04. The minimum Gasteiger partial charge on any atom is -0.301 e.